The summed E-state index contributed by atoms with van der Waals surface area (Å²) in [6.07, 6.45) is 7.27. The molecule has 1 aromatic carbocycles. The van der Waals surface area contributed by atoms with Crippen LogP contribution in [0, 0.1) is 11.8 Å². The quantitative estimate of drug-likeness (QED) is 0.817. The molecule has 2 saturated carbocycles. The van der Waals surface area contributed by atoms with Crippen molar-refractivity contribution in [2.24, 2.45) is 17.6 Å². The van der Waals surface area contributed by atoms with E-state index in [1.54, 1.807) is 0 Å². The minimum absolute atomic E-state index is 0.139. The first-order valence-corrected chi connectivity index (χ1v) is 8.63. The first-order valence-electron chi connectivity index (χ1n) is 8.63. The molecule has 23 heavy (non-hydrogen) atoms. The zero-order chi connectivity index (χ0) is 16.7. The van der Waals surface area contributed by atoms with E-state index < -0.39 is 0 Å². The monoisotopic (exact) mass is 319 g/mol. The number of benzene rings is 1. The summed E-state index contributed by atoms with van der Waals surface area (Å²) in [6, 6.07) is 8.27. The highest BCUT2D eigenvalue weighted by Gasteiger charge is 2.26. The Morgan fingerprint density at radius 1 is 1.30 bits per heavy atom. The second-order valence-corrected chi connectivity index (χ2v) is 6.74. The van der Waals surface area contributed by atoms with Crippen molar-refractivity contribution in [3.8, 4) is 5.75 Å². The molecule has 0 aliphatic heterocycles. The molecule has 128 valence electrons. The zero-order valence-electron chi connectivity index (χ0n) is 14.3. The number of methoxy groups -OCH3 is 1. The molecule has 0 radical (unpaired) electrons. The fourth-order valence-electron chi connectivity index (χ4n) is 2.54. The van der Waals surface area contributed by atoms with E-state index in [1.165, 1.54) is 26.4 Å². The third-order valence-corrected chi connectivity index (χ3v) is 4.16. The van der Waals surface area contributed by atoms with Gasteiger partial charge in [-0.1, -0.05) is 38.3 Å². The van der Waals surface area contributed by atoms with Crippen LogP contribution in [-0.2, 0) is 16.0 Å². The summed E-state index contributed by atoms with van der Waals surface area (Å²) in [7, 11) is 1.42. The molecule has 0 spiro atoms. The number of rotatable bonds is 6. The SMILES string of the molecule is C1CC1.COC(=O)C(C)Cc1cccc(OCC2CC(N)C2)c1. The number of ether oxygens (including phenoxy) is 2. The molecule has 2 fully saturated rings. The predicted octanol–water partition coefficient (Wildman–Crippen LogP) is 3.32. The van der Waals surface area contributed by atoms with Gasteiger partial charge in [0.25, 0.3) is 0 Å². The molecule has 1 unspecified atom stereocenters. The number of hydrogen-bond acceptors (Lipinski definition) is 4. The lowest BCUT2D eigenvalue weighted by Gasteiger charge is -2.32. The van der Waals surface area contributed by atoms with E-state index in [2.05, 4.69) is 0 Å². The summed E-state index contributed by atoms with van der Waals surface area (Å²) in [5.41, 5.74) is 6.85. The van der Waals surface area contributed by atoms with E-state index in [0.717, 1.165) is 30.8 Å². The van der Waals surface area contributed by atoms with Gasteiger partial charge in [0.05, 0.1) is 19.6 Å². The smallest absolute Gasteiger partial charge is 0.308 e. The average molecular weight is 319 g/mol. The second kappa shape index (κ2) is 8.92. The van der Waals surface area contributed by atoms with Crippen molar-refractivity contribution in [3.63, 3.8) is 0 Å². The largest absolute Gasteiger partial charge is 0.493 e. The van der Waals surface area contributed by atoms with Crippen molar-refractivity contribution >= 4 is 5.97 Å². The fourth-order valence-corrected chi connectivity index (χ4v) is 2.54. The molecular weight excluding hydrogens is 290 g/mol. The van der Waals surface area contributed by atoms with Gasteiger partial charge in [-0.25, -0.2) is 0 Å². The molecule has 0 aromatic heterocycles. The third kappa shape index (κ3) is 6.61. The van der Waals surface area contributed by atoms with Gasteiger partial charge >= 0.3 is 5.97 Å². The molecule has 2 aliphatic rings. The molecule has 3 rings (SSSR count). The standard InChI is InChI=1S/C16H23NO3.C3H6/c1-11(16(18)19-2)6-12-4-3-5-15(9-12)20-10-13-7-14(17)8-13;1-2-3-1/h3-5,9,11,13-14H,6-8,10,17H2,1-2H3;1-3H2. The van der Waals surface area contributed by atoms with E-state index in [4.69, 9.17) is 15.2 Å². The summed E-state index contributed by atoms with van der Waals surface area (Å²) in [6.45, 7) is 2.60. The summed E-state index contributed by atoms with van der Waals surface area (Å²) >= 11 is 0. The van der Waals surface area contributed by atoms with Crippen molar-refractivity contribution in [1.29, 1.82) is 0 Å². The van der Waals surface area contributed by atoms with Gasteiger partial charge in [-0.2, -0.15) is 0 Å². The van der Waals surface area contributed by atoms with E-state index in [0.29, 0.717) is 18.4 Å². The topological polar surface area (TPSA) is 61.5 Å². The Balaban J connectivity index is 0.000000572. The lowest BCUT2D eigenvalue weighted by Crippen LogP contribution is -2.39. The third-order valence-electron chi connectivity index (χ3n) is 4.16. The number of hydrogen-bond donors (Lipinski definition) is 1. The van der Waals surface area contributed by atoms with Gasteiger partial charge in [-0.15, -0.1) is 0 Å². The summed E-state index contributed by atoms with van der Waals surface area (Å²) in [5, 5.41) is 0. The van der Waals surface area contributed by atoms with E-state index >= 15 is 0 Å². The molecule has 4 nitrogen and oxygen atoms in total. The highest BCUT2D eigenvalue weighted by Crippen LogP contribution is 2.26. The van der Waals surface area contributed by atoms with Crippen LogP contribution in [0.2, 0.25) is 0 Å². The highest BCUT2D eigenvalue weighted by molar-refractivity contribution is 5.72. The Hall–Kier alpha value is -1.55. The molecular formula is C19H29NO3. The maximum absolute atomic E-state index is 11.4. The Morgan fingerprint density at radius 2 is 2.00 bits per heavy atom. The number of carbonyl (C=O) groups excluding carboxylic acids is 1. The molecule has 1 aromatic rings. The summed E-state index contributed by atoms with van der Waals surface area (Å²) in [4.78, 5) is 11.4. The summed E-state index contributed by atoms with van der Waals surface area (Å²) in [5.74, 6) is 1.13. The number of esters is 1. The molecule has 1 atom stereocenters. The van der Waals surface area contributed by atoms with Crippen LogP contribution in [0.3, 0.4) is 0 Å². The van der Waals surface area contributed by atoms with Gasteiger partial charge < -0.3 is 15.2 Å². The van der Waals surface area contributed by atoms with E-state index in [9.17, 15) is 4.79 Å². The number of carbonyl (C=O) groups is 1. The van der Waals surface area contributed by atoms with Crippen molar-refractivity contribution in [2.45, 2.75) is 51.5 Å². The molecule has 0 amide bonds. The Bertz CT molecular complexity index is 492. The van der Waals surface area contributed by atoms with Crippen molar-refractivity contribution in [1.82, 2.24) is 0 Å². The molecule has 0 saturated heterocycles. The molecule has 0 heterocycles. The van der Waals surface area contributed by atoms with Gasteiger partial charge in [0.1, 0.15) is 5.75 Å². The predicted molar refractivity (Wildman–Crippen MR) is 91.4 cm³/mol. The van der Waals surface area contributed by atoms with Crippen LogP contribution in [0.1, 0.15) is 44.6 Å². The maximum atomic E-state index is 11.4. The first-order chi connectivity index (χ1) is 11.1. The van der Waals surface area contributed by atoms with E-state index in [-0.39, 0.29) is 11.9 Å². The lowest BCUT2D eigenvalue weighted by molar-refractivity contribution is -0.144. The van der Waals surface area contributed by atoms with Gasteiger partial charge in [0.15, 0.2) is 0 Å². The Labute approximate surface area is 139 Å². The van der Waals surface area contributed by atoms with Crippen LogP contribution in [-0.4, -0.2) is 25.7 Å². The zero-order valence-corrected chi connectivity index (χ0v) is 14.3. The van der Waals surface area contributed by atoms with Crippen LogP contribution in [0.25, 0.3) is 0 Å². The van der Waals surface area contributed by atoms with Crippen LogP contribution >= 0.6 is 0 Å². The summed E-state index contributed by atoms with van der Waals surface area (Å²) < 4.78 is 10.5. The van der Waals surface area contributed by atoms with Gasteiger partial charge in [-0.05, 0) is 42.9 Å². The Morgan fingerprint density at radius 3 is 2.57 bits per heavy atom. The molecule has 2 N–H and O–H groups in total. The van der Waals surface area contributed by atoms with Gasteiger partial charge in [0, 0.05) is 6.04 Å². The highest BCUT2D eigenvalue weighted by atomic mass is 16.5. The van der Waals surface area contributed by atoms with Crippen molar-refractivity contribution < 1.29 is 14.3 Å². The first kappa shape index (κ1) is 17.8. The minimum atomic E-state index is -0.181. The molecule has 0 bridgehead atoms. The number of nitrogens with two attached hydrogens (primary N) is 1. The molecule has 4 heteroatoms. The van der Waals surface area contributed by atoms with Gasteiger partial charge in [-0.3, -0.25) is 4.79 Å². The second-order valence-electron chi connectivity index (χ2n) is 6.74. The maximum Gasteiger partial charge on any atom is 0.308 e. The Kier molecular flexibility index (Phi) is 6.90. The molecule has 2 aliphatic carbocycles. The van der Waals surface area contributed by atoms with E-state index in [1.807, 2.05) is 31.2 Å². The van der Waals surface area contributed by atoms with Crippen LogP contribution in [0.5, 0.6) is 5.75 Å². The van der Waals surface area contributed by atoms with Crippen LogP contribution < -0.4 is 10.5 Å². The van der Waals surface area contributed by atoms with Gasteiger partial charge in [0.2, 0.25) is 0 Å². The lowest BCUT2D eigenvalue weighted by atomic mass is 9.82. The normalized spacial score (nSPS) is 22.9. The minimum Gasteiger partial charge on any atom is -0.493 e. The van der Waals surface area contributed by atoms with Crippen molar-refractivity contribution in [2.75, 3.05) is 13.7 Å². The van der Waals surface area contributed by atoms with Crippen molar-refractivity contribution in [3.05, 3.63) is 29.8 Å². The van der Waals surface area contributed by atoms with Crippen LogP contribution in [0.4, 0.5) is 0 Å². The average Bonchev–Trinajstić information content (AvgIpc) is 3.38. The van der Waals surface area contributed by atoms with Crippen LogP contribution in [0.15, 0.2) is 24.3 Å². The fraction of sp³-hybridized carbons (Fsp3) is 0.632.